The maximum atomic E-state index is 12.1. The molecule has 1 aliphatic rings. The Bertz CT molecular complexity index is 998. The number of nitrogens with zero attached hydrogens (tertiary/aromatic N) is 1. The molecule has 1 aromatic heterocycles. The Kier molecular flexibility index (Phi) is 5.92. The molecule has 0 atom stereocenters. The van der Waals surface area contributed by atoms with Gasteiger partial charge in [-0.05, 0) is 36.5 Å². The van der Waals surface area contributed by atoms with E-state index in [1.165, 1.54) is 16.9 Å². The molecule has 3 aromatic rings. The highest BCUT2D eigenvalue weighted by atomic mass is 35.5. The molecule has 7 heteroatoms. The van der Waals surface area contributed by atoms with Gasteiger partial charge >= 0.3 is 11.8 Å². The van der Waals surface area contributed by atoms with Gasteiger partial charge in [0.05, 0.1) is 12.2 Å². The minimum atomic E-state index is -0.630. The van der Waals surface area contributed by atoms with E-state index in [-0.39, 0.29) is 12.6 Å². The summed E-state index contributed by atoms with van der Waals surface area (Å²) in [6.07, 6.45) is 1.65. The van der Waals surface area contributed by atoms with Crippen LogP contribution in [0.4, 0.5) is 0 Å². The highest BCUT2D eigenvalue weighted by Crippen LogP contribution is 2.37. The van der Waals surface area contributed by atoms with Crippen LogP contribution in [0.15, 0.2) is 60.0 Å². The fourth-order valence-corrected chi connectivity index (χ4v) is 4.30. The monoisotopic (exact) mass is 425 g/mol. The molecule has 1 aliphatic carbocycles. The van der Waals surface area contributed by atoms with Crippen LogP contribution < -0.4 is 10.6 Å². The van der Waals surface area contributed by atoms with Crippen LogP contribution in [0.3, 0.4) is 0 Å². The molecule has 4 rings (SSSR count). The van der Waals surface area contributed by atoms with Crippen LogP contribution in [-0.4, -0.2) is 22.8 Å². The smallest absolute Gasteiger partial charge is 0.309 e. The van der Waals surface area contributed by atoms with Crippen LogP contribution >= 0.6 is 22.9 Å². The average Bonchev–Trinajstić information content (AvgIpc) is 3.19. The van der Waals surface area contributed by atoms with Crippen molar-refractivity contribution in [1.82, 2.24) is 15.6 Å². The second kappa shape index (κ2) is 8.76. The van der Waals surface area contributed by atoms with E-state index in [2.05, 4.69) is 15.6 Å². The summed E-state index contributed by atoms with van der Waals surface area (Å²) >= 11 is 7.42. The second-order valence-electron chi connectivity index (χ2n) is 7.08. The molecule has 1 heterocycles. The van der Waals surface area contributed by atoms with E-state index >= 15 is 0 Å². The Balaban J connectivity index is 1.22. The molecule has 0 spiro atoms. The number of thiazole rings is 1. The molecule has 0 aliphatic heterocycles. The largest absolute Gasteiger partial charge is 0.345 e. The maximum absolute atomic E-state index is 12.1. The van der Waals surface area contributed by atoms with Crippen molar-refractivity contribution in [2.75, 3.05) is 0 Å². The Labute approximate surface area is 178 Å². The molecular weight excluding hydrogens is 406 g/mol. The van der Waals surface area contributed by atoms with Gasteiger partial charge in [0.25, 0.3) is 0 Å². The zero-order valence-electron chi connectivity index (χ0n) is 15.6. The van der Waals surface area contributed by atoms with E-state index in [4.69, 9.17) is 11.6 Å². The number of benzene rings is 2. The van der Waals surface area contributed by atoms with Crippen molar-refractivity contribution in [2.24, 2.45) is 0 Å². The van der Waals surface area contributed by atoms with Crippen LogP contribution in [0.5, 0.6) is 0 Å². The number of amides is 2. The number of halogens is 1. The summed E-state index contributed by atoms with van der Waals surface area (Å²) in [5, 5.41) is 8.94. The third-order valence-corrected chi connectivity index (χ3v) is 6.22. The van der Waals surface area contributed by atoms with Gasteiger partial charge in [-0.1, -0.05) is 54.1 Å². The first-order valence-corrected chi connectivity index (χ1v) is 10.7. The summed E-state index contributed by atoms with van der Waals surface area (Å²) in [5.41, 5.74) is 2.98. The van der Waals surface area contributed by atoms with Gasteiger partial charge in [-0.15, -0.1) is 11.3 Å². The Morgan fingerprint density at radius 1 is 1.03 bits per heavy atom. The SMILES string of the molecule is O=C(NCc1csc(-c2ccccc2)n1)C(=O)NC1CC(c2ccc(Cl)cc2)C1. The first kappa shape index (κ1) is 19.6. The lowest BCUT2D eigenvalue weighted by atomic mass is 9.76. The van der Waals surface area contributed by atoms with Gasteiger partial charge in [0.2, 0.25) is 0 Å². The normalized spacial score (nSPS) is 18.0. The van der Waals surface area contributed by atoms with Crippen molar-refractivity contribution in [2.45, 2.75) is 31.3 Å². The van der Waals surface area contributed by atoms with Crippen molar-refractivity contribution < 1.29 is 9.59 Å². The molecule has 1 saturated carbocycles. The number of carbonyl (C=O) groups excluding carboxylic acids is 2. The standard InChI is InChI=1S/C22H20ClN3O2S/c23-17-8-6-14(7-9-17)16-10-18(11-16)25-21(28)20(27)24-12-19-13-29-22(26-19)15-4-2-1-3-5-15/h1-9,13,16,18H,10-12H2,(H,24,27)(H,25,28). The van der Waals surface area contributed by atoms with Gasteiger partial charge in [0, 0.05) is 22.0 Å². The summed E-state index contributed by atoms with van der Waals surface area (Å²) in [6.45, 7) is 0.230. The Morgan fingerprint density at radius 3 is 2.48 bits per heavy atom. The van der Waals surface area contributed by atoms with E-state index in [9.17, 15) is 9.59 Å². The number of carbonyl (C=O) groups is 2. The van der Waals surface area contributed by atoms with Crippen LogP contribution in [-0.2, 0) is 16.1 Å². The van der Waals surface area contributed by atoms with Crippen LogP contribution in [0.1, 0.15) is 30.0 Å². The molecule has 0 bridgehead atoms. The maximum Gasteiger partial charge on any atom is 0.309 e. The quantitative estimate of drug-likeness (QED) is 0.603. The summed E-state index contributed by atoms with van der Waals surface area (Å²) in [7, 11) is 0. The van der Waals surface area contributed by atoms with Crippen molar-refractivity contribution in [3.63, 3.8) is 0 Å². The first-order chi connectivity index (χ1) is 14.1. The van der Waals surface area contributed by atoms with E-state index in [1.807, 2.05) is 60.0 Å². The third-order valence-electron chi connectivity index (χ3n) is 5.02. The van der Waals surface area contributed by atoms with Crippen molar-refractivity contribution in [1.29, 1.82) is 0 Å². The number of aromatic nitrogens is 1. The fraction of sp³-hybridized carbons (Fsp3) is 0.227. The van der Waals surface area contributed by atoms with E-state index in [0.717, 1.165) is 29.1 Å². The van der Waals surface area contributed by atoms with E-state index in [0.29, 0.717) is 10.9 Å². The van der Waals surface area contributed by atoms with Crippen molar-refractivity contribution >= 4 is 34.8 Å². The number of nitrogens with one attached hydrogen (secondary N) is 2. The molecule has 1 fully saturated rings. The van der Waals surface area contributed by atoms with E-state index < -0.39 is 11.8 Å². The number of rotatable bonds is 5. The van der Waals surface area contributed by atoms with Gasteiger partial charge in [0.1, 0.15) is 5.01 Å². The van der Waals surface area contributed by atoms with Crippen LogP contribution in [0, 0.1) is 0 Å². The van der Waals surface area contributed by atoms with Gasteiger partial charge in [-0.25, -0.2) is 4.98 Å². The summed E-state index contributed by atoms with van der Waals surface area (Å²) in [5.74, 6) is -0.829. The van der Waals surface area contributed by atoms with Crippen LogP contribution in [0.25, 0.3) is 10.6 Å². The zero-order valence-corrected chi connectivity index (χ0v) is 17.2. The summed E-state index contributed by atoms with van der Waals surface area (Å²) in [6, 6.07) is 17.6. The molecule has 0 saturated heterocycles. The highest BCUT2D eigenvalue weighted by molar-refractivity contribution is 7.13. The molecule has 2 N–H and O–H groups in total. The lowest BCUT2D eigenvalue weighted by Crippen LogP contribution is -2.48. The zero-order chi connectivity index (χ0) is 20.2. The van der Waals surface area contributed by atoms with Gasteiger partial charge in [-0.2, -0.15) is 0 Å². The Morgan fingerprint density at radius 2 is 1.76 bits per heavy atom. The summed E-state index contributed by atoms with van der Waals surface area (Å²) in [4.78, 5) is 28.7. The van der Waals surface area contributed by atoms with Crippen LogP contribution in [0.2, 0.25) is 5.02 Å². The van der Waals surface area contributed by atoms with Gasteiger partial charge < -0.3 is 10.6 Å². The molecular formula is C22H20ClN3O2S. The molecule has 29 heavy (non-hydrogen) atoms. The minimum absolute atomic E-state index is 0.0258. The van der Waals surface area contributed by atoms with Crippen molar-refractivity contribution in [3.8, 4) is 10.6 Å². The first-order valence-electron chi connectivity index (χ1n) is 9.42. The molecule has 2 aromatic carbocycles. The predicted octanol–water partition coefficient (Wildman–Crippen LogP) is 4.14. The lowest BCUT2D eigenvalue weighted by molar-refractivity contribution is -0.140. The minimum Gasteiger partial charge on any atom is -0.345 e. The lowest BCUT2D eigenvalue weighted by Gasteiger charge is -2.36. The Hall–Kier alpha value is -2.70. The summed E-state index contributed by atoms with van der Waals surface area (Å²) < 4.78 is 0. The second-order valence-corrected chi connectivity index (χ2v) is 8.38. The fourth-order valence-electron chi connectivity index (χ4n) is 3.35. The topological polar surface area (TPSA) is 71.1 Å². The number of hydrogen-bond donors (Lipinski definition) is 2. The van der Waals surface area contributed by atoms with Gasteiger partial charge in [0.15, 0.2) is 0 Å². The van der Waals surface area contributed by atoms with Crippen molar-refractivity contribution in [3.05, 3.63) is 76.3 Å². The van der Waals surface area contributed by atoms with Gasteiger partial charge in [-0.3, -0.25) is 9.59 Å². The predicted molar refractivity (Wildman–Crippen MR) is 115 cm³/mol. The molecule has 5 nitrogen and oxygen atoms in total. The van der Waals surface area contributed by atoms with E-state index in [1.54, 1.807) is 0 Å². The molecule has 0 radical (unpaired) electrons. The third kappa shape index (κ3) is 4.83. The highest BCUT2D eigenvalue weighted by Gasteiger charge is 2.32. The molecule has 0 unspecified atom stereocenters. The molecule has 148 valence electrons. The number of hydrogen-bond acceptors (Lipinski definition) is 4. The average molecular weight is 426 g/mol. The molecule has 2 amide bonds.